The molecule has 110 valence electrons. The van der Waals surface area contributed by atoms with Crippen LogP contribution in [0.5, 0.6) is 0 Å². The molecule has 1 aliphatic heterocycles. The van der Waals surface area contributed by atoms with Gasteiger partial charge in [-0.05, 0) is 48.9 Å². The fourth-order valence-electron chi connectivity index (χ4n) is 2.06. The molecule has 0 bridgehead atoms. The van der Waals surface area contributed by atoms with Gasteiger partial charge in [0.1, 0.15) is 0 Å². The molecule has 1 fully saturated rings. The number of benzene rings is 1. The molecule has 1 aliphatic rings. The summed E-state index contributed by atoms with van der Waals surface area (Å²) in [5.74, 6) is 0.892. The van der Waals surface area contributed by atoms with Crippen LogP contribution >= 0.6 is 11.8 Å². The lowest BCUT2D eigenvalue weighted by Gasteiger charge is -2.15. The lowest BCUT2D eigenvalue weighted by molar-refractivity contribution is 0.586. The van der Waals surface area contributed by atoms with Crippen LogP contribution < -0.4 is 10.0 Å². The zero-order valence-corrected chi connectivity index (χ0v) is 13.2. The maximum absolute atomic E-state index is 12.2. The van der Waals surface area contributed by atoms with Gasteiger partial charge in [-0.25, -0.2) is 8.42 Å². The highest BCUT2D eigenvalue weighted by Crippen LogP contribution is 2.14. The third-order valence-electron chi connectivity index (χ3n) is 3.17. The monoisotopic (exact) mass is 312 g/mol. The second-order valence-corrected chi connectivity index (χ2v) is 7.36. The van der Waals surface area contributed by atoms with Gasteiger partial charge < -0.3 is 5.32 Å². The third-order valence-corrected chi connectivity index (χ3v) is 5.11. The molecular weight excluding hydrogens is 292 g/mol. The van der Waals surface area contributed by atoms with Crippen molar-refractivity contribution in [2.75, 3.05) is 19.3 Å². The molecule has 1 saturated heterocycles. The topological polar surface area (TPSA) is 58.2 Å². The molecule has 1 aromatic carbocycles. The highest BCUT2D eigenvalue weighted by atomic mass is 32.2. The van der Waals surface area contributed by atoms with Gasteiger partial charge in [-0.1, -0.05) is 12.1 Å². The van der Waals surface area contributed by atoms with Crippen LogP contribution in [-0.2, 0) is 15.8 Å². The van der Waals surface area contributed by atoms with Gasteiger partial charge in [0.15, 0.2) is 0 Å². The van der Waals surface area contributed by atoms with E-state index >= 15 is 0 Å². The smallest absolute Gasteiger partial charge is 0.261 e. The normalized spacial score (nSPS) is 18.1. The number of thioether (sulfide) groups is 1. The maximum atomic E-state index is 12.2. The highest BCUT2D eigenvalue weighted by Gasteiger charge is 2.13. The van der Waals surface area contributed by atoms with E-state index in [1.54, 1.807) is 30.1 Å². The van der Waals surface area contributed by atoms with E-state index in [4.69, 9.17) is 0 Å². The van der Waals surface area contributed by atoms with Crippen molar-refractivity contribution >= 4 is 21.8 Å². The molecule has 6 heteroatoms. The molecule has 0 spiro atoms. The van der Waals surface area contributed by atoms with E-state index in [2.05, 4.69) is 10.0 Å². The minimum absolute atomic E-state index is 0.308. The Morgan fingerprint density at radius 2 is 2.10 bits per heavy atom. The van der Waals surface area contributed by atoms with Gasteiger partial charge in [0.05, 0.1) is 4.90 Å². The molecule has 20 heavy (non-hydrogen) atoms. The van der Waals surface area contributed by atoms with E-state index in [0.717, 1.165) is 42.8 Å². The Kier molecular flexibility index (Phi) is 5.51. The zero-order chi connectivity index (χ0) is 14.4. The minimum Gasteiger partial charge on any atom is -0.313 e. The number of piperidine rings is 1. The predicted molar refractivity (Wildman–Crippen MR) is 84.2 cm³/mol. The number of hydrogen-bond donors (Lipinski definition) is 2. The molecule has 4 nitrogen and oxygen atoms in total. The predicted octanol–water partition coefficient (Wildman–Crippen LogP) is 2.10. The van der Waals surface area contributed by atoms with E-state index in [1.165, 1.54) is 0 Å². The van der Waals surface area contributed by atoms with Crippen molar-refractivity contribution in [2.45, 2.75) is 23.5 Å². The lowest BCUT2D eigenvalue weighted by atomic mass is 10.1. The van der Waals surface area contributed by atoms with Gasteiger partial charge in [-0.15, -0.1) is 0 Å². The van der Waals surface area contributed by atoms with Gasteiger partial charge in [-0.2, -0.15) is 11.8 Å². The molecule has 0 saturated carbocycles. The first-order valence-corrected chi connectivity index (χ1v) is 9.48. The first-order valence-electron chi connectivity index (χ1n) is 6.60. The van der Waals surface area contributed by atoms with Crippen molar-refractivity contribution < 1.29 is 8.42 Å². The van der Waals surface area contributed by atoms with Crippen LogP contribution in [-0.4, -0.2) is 27.8 Å². The van der Waals surface area contributed by atoms with Crippen LogP contribution in [0.1, 0.15) is 18.4 Å². The highest BCUT2D eigenvalue weighted by molar-refractivity contribution is 7.97. The zero-order valence-electron chi connectivity index (χ0n) is 11.6. The minimum atomic E-state index is -3.45. The molecule has 0 amide bonds. The quantitative estimate of drug-likeness (QED) is 0.874. The molecule has 0 unspecified atom stereocenters. The summed E-state index contributed by atoms with van der Waals surface area (Å²) >= 11 is 1.72. The van der Waals surface area contributed by atoms with Crippen molar-refractivity contribution in [1.29, 1.82) is 0 Å². The summed E-state index contributed by atoms with van der Waals surface area (Å²) in [6.07, 6.45) is 5.65. The standard InChI is InChI=1S/C14H20N2O2S2/c1-19-11-12-4-6-14(7-5-12)20(17,18)16-10-13-3-2-8-15-9-13/h4-7,10,15-16H,2-3,8-9,11H2,1H3/b13-10-. The van der Waals surface area contributed by atoms with E-state index in [0.29, 0.717) is 4.90 Å². The van der Waals surface area contributed by atoms with Gasteiger partial charge in [-0.3, -0.25) is 4.72 Å². The van der Waals surface area contributed by atoms with Crippen LogP contribution in [0, 0.1) is 0 Å². The van der Waals surface area contributed by atoms with Crippen molar-refractivity contribution in [3.8, 4) is 0 Å². The number of rotatable bonds is 5. The van der Waals surface area contributed by atoms with E-state index in [9.17, 15) is 8.42 Å². The Bertz CT molecular complexity index is 557. The van der Waals surface area contributed by atoms with Crippen LogP contribution in [0.2, 0.25) is 0 Å². The number of nitrogens with one attached hydrogen (secondary N) is 2. The largest absolute Gasteiger partial charge is 0.313 e. The molecular formula is C14H20N2O2S2. The average Bonchev–Trinajstić information content (AvgIpc) is 2.47. The summed E-state index contributed by atoms with van der Waals surface area (Å²) in [6, 6.07) is 7.04. The first kappa shape index (κ1) is 15.4. The Hall–Kier alpha value is -0.980. The molecule has 2 rings (SSSR count). The van der Waals surface area contributed by atoms with E-state index in [-0.39, 0.29) is 0 Å². The summed E-state index contributed by atoms with van der Waals surface area (Å²) in [4.78, 5) is 0.308. The number of hydrogen-bond acceptors (Lipinski definition) is 4. The molecule has 0 aliphatic carbocycles. The Balaban J connectivity index is 2.05. The summed E-state index contributed by atoms with van der Waals surface area (Å²) in [5, 5.41) is 3.23. The third kappa shape index (κ3) is 4.26. The summed E-state index contributed by atoms with van der Waals surface area (Å²) in [5.41, 5.74) is 2.23. The second kappa shape index (κ2) is 7.15. The number of sulfonamides is 1. The maximum Gasteiger partial charge on any atom is 0.261 e. The van der Waals surface area contributed by atoms with Gasteiger partial charge in [0, 0.05) is 18.5 Å². The van der Waals surface area contributed by atoms with E-state index < -0.39 is 10.0 Å². The van der Waals surface area contributed by atoms with Crippen molar-refractivity contribution in [2.24, 2.45) is 0 Å². The fourth-order valence-corrected chi connectivity index (χ4v) is 3.54. The van der Waals surface area contributed by atoms with Gasteiger partial charge in [0.25, 0.3) is 10.0 Å². The van der Waals surface area contributed by atoms with Gasteiger partial charge in [0.2, 0.25) is 0 Å². The molecule has 0 atom stereocenters. The van der Waals surface area contributed by atoms with E-state index in [1.807, 2.05) is 18.4 Å². The van der Waals surface area contributed by atoms with Crippen LogP contribution in [0.15, 0.2) is 40.9 Å². The summed E-state index contributed by atoms with van der Waals surface area (Å²) in [6.45, 7) is 1.76. The van der Waals surface area contributed by atoms with Crippen LogP contribution in [0.3, 0.4) is 0 Å². The molecule has 0 aromatic heterocycles. The molecule has 1 aromatic rings. The van der Waals surface area contributed by atoms with Gasteiger partial charge >= 0.3 is 0 Å². The van der Waals surface area contributed by atoms with Crippen molar-refractivity contribution in [3.05, 3.63) is 41.6 Å². The SMILES string of the molecule is CSCc1ccc(S(=O)(=O)N/C=C2/CCCNC2)cc1. The van der Waals surface area contributed by atoms with Crippen molar-refractivity contribution in [1.82, 2.24) is 10.0 Å². The Labute approximate surface area is 125 Å². The Morgan fingerprint density at radius 3 is 2.70 bits per heavy atom. The molecule has 1 heterocycles. The summed E-state index contributed by atoms with van der Waals surface area (Å²) in [7, 11) is -3.45. The fraction of sp³-hybridized carbons (Fsp3) is 0.429. The van der Waals surface area contributed by atoms with Crippen LogP contribution in [0.25, 0.3) is 0 Å². The first-order chi connectivity index (χ1) is 9.62. The molecule has 0 radical (unpaired) electrons. The average molecular weight is 312 g/mol. The summed E-state index contributed by atoms with van der Waals surface area (Å²) < 4.78 is 26.9. The second-order valence-electron chi connectivity index (χ2n) is 4.78. The van der Waals surface area contributed by atoms with Crippen LogP contribution in [0.4, 0.5) is 0 Å². The Morgan fingerprint density at radius 1 is 1.35 bits per heavy atom. The van der Waals surface area contributed by atoms with Crippen molar-refractivity contribution in [3.63, 3.8) is 0 Å². The lowest BCUT2D eigenvalue weighted by Crippen LogP contribution is -2.26. The molecule has 2 N–H and O–H groups in total.